The molecule has 2 N–H and O–H groups in total. The number of anilines is 1. The van der Waals surface area contributed by atoms with Gasteiger partial charge in [-0.05, 0) is 40.2 Å². The Balaban J connectivity index is 2.18. The second kappa shape index (κ2) is 5.61. The van der Waals surface area contributed by atoms with E-state index in [2.05, 4.69) is 11.4 Å². The van der Waals surface area contributed by atoms with E-state index >= 15 is 0 Å². The predicted molar refractivity (Wildman–Crippen MR) is 85.1 cm³/mol. The fraction of sp³-hybridized carbons (Fsp3) is 0.562. The molecule has 1 aliphatic rings. The molecule has 124 valence electrons. The average Bonchev–Trinajstić information content (AvgIpc) is 3.03. The SMILES string of the molecule is CC1(C(=O)O)CCN(C(=O)Nc2cc(C#N)cn2C(C)(C)C)C1. The van der Waals surface area contributed by atoms with Crippen LogP contribution in [-0.4, -0.2) is 39.7 Å². The number of hydrogen-bond acceptors (Lipinski definition) is 3. The lowest BCUT2D eigenvalue weighted by Crippen LogP contribution is -2.38. The highest BCUT2D eigenvalue weighted by Crippen LogP contribution is 2.31. The number of nitrogens with zero attached hydrogens (tertiary/aromatic N) is 3. The number of urea groups is 1. The third-order valence-electron chi connectivity index (χ3n) is 4.18. The third kappa shape index (κ3) is 3.31. The second-order valence-corrected chi connectivity index (χ2v) is 7.23. The van der Waals surface area contributed by atoms with Gasteiger partial charge in [-0.3, -0.25) is 10.1 Å². The van der Waals surface area contributed by atoms with E-state index in [1.54, 1.807) is 19.2 Å². The van der Waals surface area contributed by atoms with Crippen molar-refractivity contribution in [1.29, 1.82) is 5.26 Å². The summed E-state index contributed by atoms with van der Waals surface area (Å²) in [5, 5.41) is 21.1. The molecule has 1 aromatic rings. The molecule has 1 saturated heterocycles. The summed E-state index contributed by atoms with van der Waals surface area (Å²) in [5.74, 6) is -0.361. The molecule has 7 nitrogen and oxygen atoms in total. The molecule has 1 atom stereocenters. The molecule has 0 aliphatic carbocycles. The van der Waals surface area contributed by atoms with Crippen molar-refractivity contribution >= 4 is 17.8 Å². The summed E-state index contributed by atoms with van der Waals surface area (Å²) in [6, 6.07) is 3.34. The number of hydrogen-bond donors (Lipinski definition) is 2. The lowest BCUT2D eigenvalue weighted by molar-refractivity contribution is -0.146. The lowest BCUT2D eigenvalue weighted by Gasteiger charge is -2.26. The molecule has 1 aromatic heterocycles. The van der Waals surface area contributed by atoms with Crippen LogP contribution in [0, 0.1) is 16.7 Å². The molecule has 0 aromatic carbocycles. The standard InChI is InChI=1S/C16H22N4O3/c1-15(2,3)20-9-11(8-17)7-12(20)18-14(23)19-6-5-16(4,10-19)13(21)22/h7,9H,5-6,10H2,1-4H3,(H,18,23)(H,21,22). The zero-order valence-corrected chi connectivity index (χ0v) is 13.9. The van der Waals surface area contributed by atoms with E-state index in [9.17, 15) is 14.7 Å². The molecule has 0 bridgehead atoms. The Kier molecular flexibility index (Phi) is 4.12. The monoisotopic (exact) mass is 318 g/mol. The van der Waals surface area contributed by atoms with Gasteiger partial charge >= 0.3 is 12.0 Å². The van der Waals surface area contributed by atoms with Gasteiger partial charge in [0.2, 0.25) is 0 Å². The Hall–Kier alpha value is -2.49. The molecule has 23 heavy (non-hydrogen) atoms. The highest BCUT2D eigenvalue weighted by atomic mass is 16.4. The van der Waals surface area contributed by atoms with Gasteiger partial charge in [0.1, 0.15) is 11.9 Å². The number of carbonyl (C=O) groups excluding carboxylic acids is 1. The number of carboxylic acids is 1. The average molecular weight is 318 g/mol. The fourth-order valence-corrected chi connectivity index (χ4v) is 2.67. The molecule has 2 heterocycles. The number of aromatic nitrogens is 1. The van der Waals surface area contributed by atoms with Crippen molar-refractivity contribution in [2.75, 3.05) is 18.4 Å². The van der Waals surface area contributed by atoms with Gasteiger partial charge in [-0.1, -0.05) is 0 Å². The summed E-state index contributed by atoms with van der Waals surface area (Å²) in [7, 11) is 0. The first kappa shape index (κ1) is 16.9. The first-order chi connectivity index (χ1) is 10.6. The number of aliphatic carboxylic acids is 1. The number of carboxylic acid groups (broad SMARTS) is 1. The maximum absolute atomic E-state index is 12.4. The van der Waals surface area contributed by atoms with Crippen LogP contribution in [0.1, 0.15) is 39.7 Å². The van der Waals surface area contributed by atoms with Crippen molar-refractivity contribution in [2.45, 2.75) is 39.7 Å². The van der Waals surface area contributed by atoms with Gasteiger partial charge in [-0.2, -0.15) is 5.26 Å². The van der Waals surface area contributed by atoms with Crippen LogP contribution in [0.2, 0.25) is 0 Å². The minimum atomic E-state index is -0.902. The summed E-state index contributed by atoms with van der Waals surface area (Å²) in [5.41, 5.74) is -0.730. The number of amides is 2. The Bertz CT molecular complexity index is 680. The van der Waals surface area contributed by atoms with Crippen molar-refractivity contribution in [2.24, 2.45) is 5.41 Å². The van der Waals surface area contributed by atoms with Crippen LogP contribution in [0.3, 0.4) is 0 Å². The van der Waals surface area contributed by atoms with E-state index in [4.69, 9.17) is 5.26 Å². The van der Waals surface area contributed by atoms with Crippen molar-refractivity contribution in [1.82, 2.24) is 9.47 Å². The Morgan fingerprint density at radius 1 is 1.43 bits per heavy atom. The van der Waals surface area contributed by atoms with Gasteiger partial charge in [-0.25, -0.2) is 4.79 Å². The molecule has 0 radical (unpaired) electrons. The first-order valence-corrected chi connectivity index (χ1v) is 7.49. The lowest BCUT2D eigenvalue weighted by atomic mass is 9.90. The molecule has 1 unspecified atom stereocenters. The highest BCUT2D eigenvalue weighted by molar-refractivity contribution is 5.90. The largest absolute Gasteiger partial charge is 0.481 e. The van der Waals surface area contributed by atoms with Crippen LogP contribution < -0.4 is 5.32 Å². The Morgan fingerprint density at radius 3 is 2.57 bits per heavy atom. The van der Waals surface area contributed by atoms with Gasteiger partial charge in [0.05, 0.1) is 11.0 Å². The minimum Gasteiger partial charge on any atom is -0.481 e. The molecule has 0 saturated carbocycles. The smallest absolute Gasteiger partial charge is 0.322 e. The van der Waals surface area contributed by atoms with Crippen LogP contribution in [-0.2, 0) is 10.3 Å². The van der Waals surface area contributed by atoms with Crippen molar-refractivity contribution in [3.8, 4) is 6.07 Å². The van der Waals surface area contributed by atoms with Crippen LogP contribution in [0.25, 0.3) is 0 Å². The molecule has 7 heteroatoms. The van der Waals surface area contributed by atoms with Crippen LogP contribution in [0.4, 0.5) is 10.6 Å². The zero-order chi connectivity index (χ0) is 17.4. The van der Waals surface area contributed by atoms with Crippen molar-refractivity contribution in [3.05, 3.63) is 17.8 Å². The molecule has 1 aliphatic heterocycles. The van der Waals surface area contributed by atoms with E-state index in [1.807, 2.05) is 25.3 Å². The number of rotatable bonds is 2. The molecule has 1 fully saturated rings. The zero-order valence-electron chi connectivity index (χ0n) is 13.9. The quantitative estimate of drug-likeness (QED) is 0.875. The van der Waals surface area contributed by atoms with Gasteiger partial charge in [0.25, 0.3) is 0 Å². The van der Waals surface area contributed by atoms with Crippen LogP contribution in [0.15, 0.2) is 12.3 Å². The van der Waals surface area contributed by atoms with E-state index in [-0.39, 0.29) is 18.1 Å². The number of nitrogens with one attached hydrogen (secondary N) is 1. The van der Waals surface area contributed by atoms with Crippen molar-refractivity contribution in [3.63, 3.8) is 0 Å². The fourth-order valence-electron chi connectivity index (χ4n) is 2.67. The topological polar surface area (TPSA) is 98.4 Å². The summed E-state index contributed by atoms with van der Waals surface area (Å²) >= 11 is 0. The van der Waals surface area contributed by atoms with E-state index in [0.717, 1.165) is 0 Å². The van der Waals surface area contributed by atoms with Crippen LogP contribution >= 0.6 is 0 Å². The summed E-state index contributed by atoms with van der Waals surface area (Å²) < 4.78 is 1.83. The number of nitriles is 1. The van der Waals surface area contributed by atoms with E-state index in [0.29, 0.717) is 24.3 Å². The van der Waals surface area contributed by atoms with E-state index < -0.39 is 11.4 Å². The normalized spacial score (nSPS) is 21.1. The van der Waals surface area contributed by atoms with Gasteiger partial charge in [-0.15, -0.1) is 0 Å². The third-order valence-corrected chi connectivity index (χ3v) is 4.18. The van der Waals surface area contributed by atoms with Gasteiger partial charge < -0.3 is 14.6 Å². The molecule has 0 spiro atoms. The Morgan fingerprint density at radius 2 is 2.09 bits per heavy atom. The summed E-state index contributed by atoms with van der Waals surface area (Å²) in [6.07, 6.45) is 2.13. The second-order valence-electron chi connectivity index (χ2n) is 7.23. The molecule has 2 rings (SSSR count). The van der Waals surface area contributed by atoms with Crippen molar-refractivity contribution < 1.29 is 14.7 Å². The predicted octanol–water partition coefficient (Wildman–Crippen LogP) is 2.44. The molecule has 2 amide bonds. The van der Waals surface area contributed by atoms with E-state index in [1.165, 1.54) is 4.90 Å². The summed E-state index contributed by atoms with van der Waals surface area (Å²) in [6.45, 7) is 8.14. The number of likely N-dealkylation sites (tertiary alicyclic amines) is 1. The molecular formula is C16H22N4O3. The number of carbonyl (C=O) groups is 2. The van der Waals surface area contributed by atoms with Crippen LogP contribution in [0.5, 0.6) is 0 Å². The molecular weight excluding hydrogens is 296 g/mol. The maximum atomic E-state index is 12.4. The highest BCUT2D eigenvalue weighted by Gasteiger charge is 2.42. The minimum absolute atomic E-state index is 0.176. The first-order valence-electron chi connectivity index (χ1n) is 7.49. The maximum Gasteiger partial charge on any atom is 0.322 e. The van der Waals surface area contributed by atoms with Gasteiger partial charge in [0.15, 0.2) is 0 Å². The summed E-state index contributed by atoms with van der Waals surface area (Å²) in [4.78, 5) is 25.2. The Labute approximate surface area is 135 Å². The van der Waals surface area contributed by atoms with Gasteiger partial charge in [0, 0.05) is 24.8 Å².